The summed E-state index contributed by atoms with van der Waals surface area (Å²) >= 11 is 0. The van der Waals surface area contributed by atoms with E-state index in [0.717, 1.165) is 24.2 Å². The molecule has 1 heterocycles. The van der Waals surface area contributed by atoms with Gasteiger partial charge in [0.25, 0.3) is 0 Å². The van der Waals surface area contributed by atoms with Crippen LogP contribution >= 0.6 is 0 Å². The molecule has 0 N–H and O–H groups in total. The highest BCUT2D eigenvalue weighted by Crippen LogP contribution is 2.47. The first-order valence-electron chi connectivity index (χ1n) is 14.6. The molecule has 0 fully saturated rings. The summed E-state index contributed by atoms with van der Waals surface area (Å²) in [5.41, 5.74) is 9.35. The number of allylic oxidation sites excluding steroid dienone is 5. The average Bonchev–Trinajstić information content (AvgIpc) is 3.31. The molecule has 2 aliphatic carbocycles. The van der Waals surface area contributed by atoms with Crippen LogP contribution in [0.1, 0.15) is 112 Å². The maximum Gasteiger partial charge on any atom is 0.212 e. The molecule has 1 aliphatic heterocycles. The quantitative estimate of drug-likeness (QED) is 0.381. The van der Waals surface area contributed by atoms with Gasteiger partial charge in [-0.1, -0.05) is 104 Å². The lowest BCUT2D eigenvalue weighted by Crippen LogP contribution is -2.33. The number of hydrogen-bond donors (Lipinski definition) is 0. The minimum absolute atomic E-state index is 0.0555. The lowest BCUT2D eigenvalue weighted by Gasteiger charge is -2.35. The van der Waals surface area contributed by atoms with E-state index in [0.29, 0.717) is 41.0 Å². The van der Waals surface area contributed by atoms with E-state index < -0.39 is 0 Å². The second-order valence-corrected chi connectivity index (χ2v) is 12.4. The first kappa shape index (κ1) is 27.2. The molecule has 0 spiro atoms. The number of nitrogens with zero attached hydrogens (tertiary/aromatic N) is 2. The zero-order valence-corrected chi connectivity index (χ0v) is 24.8. The molecule has 0 saturated carbocycles. The van der Waals surface area contributed by atoms with Crippen molar-refractivity contribution in [2.75, 3.05) is 11.6 Å². The highest BCUT2D eigenvalue weighted by Gasteiger charge is 2.46. The number of rotatable bonds is 6. The number of para-hydroxylation sites is 1. The Morgan fingerprint density at radius 2 is 1.15 bits per heavy atom. The Bertz CT molecular complexity index is 1410. The third-order valence-corrected chi connectivity index (χ3v) is 8.45. The molecule has 4 nitrogen and oxygen atoms in total. The molecular formula is C35H42N2O2. The van der Waals surface area contributed by atoms with E-state index in [4.69, 9.17) is 0 Å². The van der Waals surface area contributed by atoms with E-state index in [-0.39, 0.29) is 23.4 Å². The molecule has 0 saturated heterocycles. The van der Waals surface area contributed by atoms with E-state index in [9.17, 15) is 9.59 Å². The molecule has 0 bridgehead atoms. The SMILES string of the molecule is CC(C)C1=CCCC(C(C)C)=C1N1CN(c2c(C(C)C)cccc2C(C)C)C2=C1C(=O)c1ccccc1C2=O. The standard InChI is InChI=1S/C35H42N2O2/c1-20(2)24-15-11-16-25(21(3)4)30(24)36-19-37(31-26(22(5)6)17-12-18-27(31)23(7)8)33-32(36)34(38)28-13-9-10-14-29(28)35(33)39/h9-11,13-17,20-23H,12,18-19H2,1-8H3. The molecule has 0 radical (unpaired) electrons. The second kappa shape index (κ2) is 10.3. The number of anilines is 1. The third-order valence-electron chi connectivity index (χ3n) is 8.45. The zero-order valence-electron chi connectivity index (χ0n) is 24.8. The number of fused-ring (bicyclic) bond motifs is 1. The van der Waals surface area contributed by atoms with Gasteiger partial charge in [0, 0.05) is 22.5 Å². The molecule has 204 valence electrons. The first-order chi connectivity index (χ1) is 18.5. The summed E-state index contributed by atoms with van der Waals surface area (Å²) in [4.78, 5) is 33.1. The Kier molecular flexibility index (Phi) is 7.17. The number of ketones is 2. The number of carbonyl (C=O) groups is 2. The minimum Gasteiger partial charge on any atom is -0.317 e. The van der Waals surface area contributed by atoms with E-state index in [1.165, 1.54) is 22.3 Å². The molecule has 39 heavy (non-hydrogen) atoms. The zero-order chi connectivity index (χ0) is 28.2. The lowest BCUT2D eigenvalue weighted by molar-refractivity contribution is 0.0961. The molecule has 3 aliphatic rings. The molecule has 0 aromatic heterocycles. The summed E-state index contributed by atoms with van der Waals surface area (Å²) in [5, 5.41) is 0. The number of benzene rings is 2. The first-order valence-corrected chi connectivity index (χ1v) is 14.6. The van der Waals surface area contributed by atoms with Crippen LogP contribution in [0.5, 0.6) is 0 Å². The number of hydrogen-bond acceptors (Lipinski definition) is 4. The van der Waals surface area contributed by atoms with Crippen LogP contribution in [0.4, 0.5) is 5.69 Å². The average molecular weight is 523 g/mol. The molecule has 0 atom stereocenters. The number of carbonyl (C=O) groups excluding carboxylic acids is 2. The van der Waals surface area contributed by atoms with Gasteiger partial charge in [0.2, 0.25) is 11.6 Å². The molecule has 0 unspecified atom stereocenters. The summed E-state index contributed by atoms with van der Waals surface area (Å²) in [6.45, 7) is 18.2. The van der Waals surface area contributed by atoms with Crippen molar-refractivity contribution in [1.29, 1.82) is 0 Å². The van der Waals surface area contributed by atoms with Crippen LogP contribution in [0.25, 0.3) is 0 Å². The highest BCUT2D eigenvalue weighted by atomic mass is 16.1. The van der Waals surface area contributed by atoms with Crippen LogP contribution in [0.2, 0.25) is 0 Å². The fourth-order valence-corrected chi connectivity index (χ4v) is 6.51. The Hall–Kier alpha value is -3.40. The van der Waals surface area contributed by atoms with Gasteiger partial charge in [-0.15, -0.1) is 0 Å². The van der Waals surface area contributed by atoms with Crippen molar-refractivity contribution >= 4 is 17.3 Å². The van der Waals surface area contributed by atoms with Crippen LogP contribution in [-0.4, -0.2) is 23.1 Å². The Labute approximate surface area is 234 Å². The third kappa shape index (κ3) is 4.38. The summed E-state index contributed by atoms with van der Waals surface area (Å²) in [7, 11) is 0. The number of Topliss-reactive ketones (excluding diaryl/α,β-unsaturated/α-hetero) is 2. The van der Waals surface area contributed by atoms with Crippen LogP contribution in [0.15, 0.2) is 76.8 Å². The Morgan fingerprint density at radius 1 is 0.615 bits per heavy atom. The fraction of sp³-hybridized carbons (Fsp3) is 0.429. The van der Waals surface area contributed by atoms with Crippen molar-refractivity contribution in [1.82, 2.24) is 4.90 Å². The molecule has 2 aromatic carbocycles. The topological polar surface area (TPSA) is 40.6 Å². The second-order valence-electron chi connectivity index (χ2n) is 12.4. The van der Waals surface area contributed by atoms with Gasteiger partial charge in [-0.25, -0.2) is 0 Å². The summed E-state index contributed by atoms with van der Waals surface area (Å²) in [6, 6.07) is 13.8. The summed E-state index contributed by atoms with van der Waals surface area (Å²) in [5.74, 6) is 1.07. The van der Waals surface area contributed by atoms with E-state index in [1.54, 1.807) is 12.1 Å². The summed E-state index contributed by atoms with van der Waals surface area (Å²) < 4.78 is 0. The van der Waals surface area contributed by atoms with Crippen LogP contribution in [-0.2, 0) is 0 Å². The Balaban J connectivity index is 1.83. The van der Waals surface area contributed by atoms with Crippen LogP contribution in [0.3, 0.4) is 0 Å². The van der Waals surface area contributed by atoms with E-state index in [1.807, 2.05) is 12.1 Å². The smallest absolute Gasteiger partial charge is 0.212 e. The predicted molar refractivity (Wildman–Crippen MR) is 160 cm³/mol. The Morgan fingerprint density at radius 3 is 1.64 bits per heavy atom. The van der Waals surface area contributed by atoms with Crippen molar-refractivity contribution in [2.24, 2.45) is 11.8 Å². The van der Waals surface area contributed by atoms with Gasteiger partial charge < -0.3 is 9.80 Å². The molecule has 4 heteroatoms. The summed E-state index contributed by atoms with van der Waals surface area (Å²) in [6.07, 6.45) is 4.33. The van der Waals surface area contributed by atoms with Crippen LogP contribution in [0, 0.1) is 11.8 Å². The largest absolute Gasteiger partial charge is 0.317 e. The molecule has 0 amide bonds. The van der Waals surface area contributed by atoms with Crippen LogP contribution < -0.4 is 4.90 Å². The monoisotopic (exact) mass is 522 g/mol. The van der Waals surface area contributed by atoms with Crippen molar-refractivity contribution in [3.8, 4) is 0 Å². The van der Waals surface area contributed by atoms with Gasteiger partial charge in [0.1, 0.15) is 18.1 Å². The predicted octanol–water partition coefficient (Wildman–Crippen LogP) is 8.59. The van der Waals surface area contributed by atoms with Crippen molar-refractivity contribution in [3.63, 3.8) is 0 Å². The van der Waals surface area contributed by atoms with Crippen molar-refractivity contribution < 1.29 is 9.59 Å². The van der Waals surface area contributed by atoms with Gasteiger partial charge in [0.05, 0.1) is 0 Å². The van der Waals surface area contributed by atoms with E-state index >= 15 is 0 Å². The normalized spacial score (nSPS) is 17.8. The molecule has 2 aromatic rings. The molecule has 5 rings (SSSR count). The van der Waals surface area contributed by atoms with Gasteiger partial charge in [0.15, 0.2) is 0 Å². The maximum atomic E-state index is 14.3. The van der Waals surface area contributed by atoms with Gasteiger partial charge in [-0.05, 0) is 58.8 Å². The van der Waals surface area contributed by atoms with E-state index in [2.05, 4.69) is 89.5 Å². The lowest BCUT2D eigenvalue weighted by atomic mass is 9.83. The van der Waals surface area contributed by atoms with Gasteiger partial charge in [-0.2, -0.15) is 0 Å². The fourth-order valence-electron chi connectivity index (χ4n) is 6.51. The van der Waals surface area contributed by atoms with Gasteiger partial charge in [-0.3, -0.25) is 9.59 Å². The minimum atomic E-state index is -0.0615. The van der Waals surface area contributed by atoms with Crippen molar-refractivity contribution in [3.05, 3.63) is 99.0 Å². The van der Waals surface area contributed by atoms with Gasteiger partial charge >= 0.3 is 0 Å². The van der Waals surface area contributed by atoms with Crippen molar-refractivity contribution in [2.45, 2.75) is 80.1 Å². The highest BCUT2D eigenvalue weighted by molar-refractivity contribution is 6.28. The molecular weight excluding hydrogens is 480 g/mol. The maximum absolute atomic E-state index is 14.3.